The number of halogens is 2. The highest BCUT2D eigenvalue weighted by Gasteiger charge is 2.37. The molecule has 2 aromatic carbocycles. The Morgan fingerprint density at radius 2 is 1.53 bits per heavy atom. The van der Waals surface area contributed by atoms with E-state index in [0.717, 1.165) is 17.7 Å². The quantitative estimate of drug-likeness (QED) is 0.407. The second-order valence-electron chi connectivity index (χ2n) is 8.91. The van der Waals surface area contributed by atoms with E-state index in [2.05, 4.69) is 20.9 Å². The molecule has 2 heterocycles. The third-order valence-electron chi connectivity index (χ3n) is 6.10. The molecule has 4 N–H and O–H groups in total. The predicted molar refractivity (Wildman–Crippen MR) is 121 cm³/mol. The van der Waals surface area contributed by atoms with E-state index in [-0.39, 0.29) is 11.6 Å². The molecule has 1 aliphatic heterocycles. The number of rotatable bonds is 4. The maximum atomic E-state index is 13.4. The number of nitrogens with one attached hydrogen (secondary N) is 3. The Morgan fingerprint density at radius 1 is 0.844 bits per heavy atom. The van der Waals surface area contributed by atoms with Gasteiger partial charge in [0.05, 0.1) is 28.2 Å². The van der Waals surface area contributed by atoms with Crippen LogP contribution in [0, 0.1) is 11.9 Å². The van der Waals surface area contributed by atoms with Crippen molar-refractivity contribution in [3.8, 4) is 0 Å². The zero-order valence-corrected chi connectivity index (χ0v) is 18.2. The predicted octanol–water partition coefficient (Wildman–Crippen LogP) is 5.46. The van der Waals surface area contributed by atoms with Crippen molar-refractivity contribution in [2.45, 2.75) is 38.7 Å². The van der Waals surface area contributed by atoms with Crippen molar-refractivity contribution in [3.63, 3.8) is 0 Å². The Kier molecular flexibility index (Phi) is 5.13. The minimum absolute atomic E-state index is 0.201. The number of aromatic nitrogens is 1. The minimum Gasteiger partial charge on any atom is -0.390 e. The van der Waals surface area contributed by atoms with Crippen LogP contribution in [0.1, 0.15) is 43.6 Å². The molecule has 6 nitrogen and oxygen atoms in total. The van der Waals surface area contributed by atoms with Gasteiger partial charge in [0.1, 0.15) is 0 Å². The lowest BCUT2D eigenvalue weighted by atomic mass is 9.72. The van der Waals surface area contributed by atoms with Gasteiger partial charge in [-0.15, -0.1) is 0 Å². The van der Waals surface area contributed by atoms with E-state index in [9.17, 15) is 18.7 Å². The fourth-order valence-electron chi connectivity index (χ4n) is 3.46. The summed E-state index contributed by atoms with van der Waals surface area (Å²) in [5, 5.41) is 19.7. The van der Waals surface area contributed by atoms with Gasteiger partial charge in [0.15, 0.2) is 0 Å². The molecule has 0 spiro atoms. The molecule has 0 saturated heterocycles. The first kappa shape index (κ1) is 21.7. The van der Waals surface area contributed by atoms with Crippen LogP contribution in [-0.4, -0.2) is 21.6 Å². The van der Waals surface area contributed by atoms with Gasteiger partial charge in [-0.1, -0.05) is 19.9 Å². The molecule has 0 fully saturated rings. The van der Waals surface area contributed by atoms with E-state index < -0.39 is 22.9 Å². The normalized spacial score (nSPS) is 13.4. The van der Waals surface area contributed by atoms with Crippen LogP contribution in [0.25, 0.3) is 0 Å². The van der Waals surface area contributed by atoms with Crippen LogP contribution >= 0.6 is 0 Å². The third-order valence-corrected chi connectivity index (χ3v) is 6.10. The summed E-state index contributed by atoms with van der Waals surface area (Å²) in [4.78, 5) is 15.9. The highest BCUT2D eigenvalue weighted by molar-refractivity contribution is 6.12. The van der Waals surface area contributed by atoms with Crippen molar-refractivity contribution in [1.82, 2.24) is 4.98 Å². The Hall–Kier alpha value is -3.52. The lowest BCUT2D eigenvalue weighted by molar-refractivity contribution is 0.00967. The number of amides is 1. The number of pyridine rings is 1. The molecule has 0 bridgehead atoms. The lowest BCUT2D eigenvalue weighted by Crippen LogP contribution is -2.42. The maximum Gasteiger partial charge on any atom is 0.257 e. The van der Waals surface area contributed by atoms with Crippen LogP contribution in [0.3, 0.4) is 0 Å². The molecule has 0 unspecified atom stereocenters. The van der Waals surface area contributed by atoms with E-state index in [0.29, 0.717) is 28.3 Å². The van der Waals surface area contributed by atoms with Crippen LogP contribution in [0.5, 0.6) is 0 Å². The van der Waals surface area contributed by atoms with Crippen molar-refractivity contribution < 1.29 is 18.7 Å². The fraction of sp³-hybridized carbons (Fsp3) is 0.250. The molecular formula is C24H24F2N4O2. The van der Waals surface area contributed by atoms with Gasteiger partial charge in [-0.25, -0.2) is 0 Å². The van der Waals surface area contributed by atoms with Gasteiger partial charge in [0.25, 0.3) is 5.91 Å². The number of aliphatic hydroxyl groups is 1. The molecule has 1 amide bonds. The largest absolute Gasteiger partial charge is 0.390 e. The van der Waals surface area contributed by atoms with Gasteiger partial charge in [-0.2, -0.15) is 13.8 Å². The summed E-state index contributed by atoms with van der Waals surface area (Å²) in [5.41, 5.74) is 2.32. The summed E-state index contributed by atoms with van der Waals surface area (Å²) in [7, 11) is 0. The van der Waals surface area contributed by atoms with E-state index in [1.165, 1.54) is 0 Å². The van der Waals surface area contributed by atoms with Crippen LogP contribution in [0.2, 0.25) is 0 Å². The number of fused-ring (bicyclic) bond motifs is 2. The van der Waals surface area contributed by atoms with E-state index >= 15 is 0 Å². The smallest absolute Gasteiger partial charge is 0.257 e. The molecule has 0 saturated carbocycles. The van der Waals surface area contributed by atoms with E-state index in [4.69, 9.17) is 0 Å². The van der Waals surface area contributed by atoms with Crippen LogP contribution in [0.15, 0.2) is 48.5 Å². The zero-order valence-electron chi connectivity index (χ0n) is 18.2. The van der Waals surface area contributed by atoms with E-state index in [1.807, 2.05) is 32.0 Å². The molecule has 1 aromatic heterocycles. The first-order valence-corrected chi connectivity index (χ1v) is 10.1. The highest BCUT2D eigenvalue weighted by atomic mass is 19.1. The second-order valence-corrected chi connectivity index (χ2v) is 8.91. The molecule has 1 aliphatic rings. The Balaban J connectivity index is 1.68. The van der Waals surface area contributed by atoms with Crippen molar-refractivity contribution in [2.24, 2.45) is 0 Å². The number of carbonyl (C=O) groups is 1. The summed E-state index contributed by atoms with van der Waals surface area (Å²) >= 11 is 0. The monoisotopic (exact) mass is 438 g/mol. The Labute approximate surface area is 184 Å². The first-order chi connectivity index (χ1) is 14.9. The molecule has 166 valence electrons. The van der Waals surface area contributed by atoms with Gasteiger partial charge in [-0.05, 0) is 49.7 Å². The number of benzene rings is 2. The molecular weight excluding hydrogens is 414 g/mol. The van der Waals surface area contributed by atoms with Gasteiger partial charge < -0.3 is 21.1 Å². The molecule has 0 radical (unpaired) electrons. The average Bonchev–Trinajstić information content (AvgIpc) is 2.81. The van der Waals surface area contributed by atoms with Gasteiger partial charge in [0.2, 0.25) is 11.9 Å². The highest BCUT2D eigenvalue weighted by Crippen LogP contribution is 2.40. The first-order valence-electron chi connectivity index (χ1n) is 10.1. The van der Waals surface area contributed by atoms with Gasteiger partial charge in [-0.3, -0.25) is 4.79 Å². The molecule has 4 rings (SSSR count). The Morgan fingerprint density at radius 3 is 2.19 bits per heavy atom. The minimum atomic E-state index is -0.973. The number of carbonyl (C=O) groups excluding carboxylic acids is 1. The number of hydrogen-bond acceptors (Lipinski definition) is 5. The van der Waals surface area contributed by atoms with Crippen molar-refractivity contribution in [2.75, 3.05) is 16.0 Å². The van der Waals surface area contributed by atoms with Gasteiger partial charge >= 0.3 is 0 Å². The summed E-state index contributed by atoms with van der Waals surface area (Å²) in [6.45, 7) is 7.39. The summed E-state index contributed by atoms with van der Waals surface area (Å²) in [5.74, 6) is -2.16. The average molecular weight is 438 g/mol. The summed E-state index contributed by atoms with van der Waals surface area (Å²) in [6, 6.07) is 12.7. The van der Waals surface area contributed by atoms with Crippen LogP contribution < -0.4 is 16.0 Å². The lowest BCUT2D eigenvalue weighted by Gasteiger charge is -2.38. The van der Waals surface area contributed by atoms with Gasteiger partial charge in [0, 0.05) is 28.9 Å². The second kappa shape index (κ2) is 7.56. The fourth-order valence-corrected chi connectivity index (χ4v) is 3.46. The number of hydrogen-bond donors (Lipinski definition) is 4. The molecule has 8 heteroatoms. The van der Waals surface area contributed by atoms with Crippen LogP contribution in [-0.2, 0) is 5.41 Å². The zero-order chi connectivity index (χ0) is 23.3. The summed E-state index contributed by atoms with van der Waals surface area (Å²) in [6.07, 6.45) is 0. The number of anilines is 5. The van der Waals surface area contributed by atoms with Crippen molar-refractivity contribution >= 4 is 34.3 Å². The standard InChI is InChI=1S/C24H24F2N4O2/c1-23(2,24(3,4)32)13-5-8-17-19(9-13)29-22(31)16-7-6-14(10-18(16)28-17)27-15-11-20(25)30-21(26)12-15/h5-12,28,32H,1-4H3,(H,27,30)(H,29,31). The van der Waals surface area contributed by atoms with Crippen molar-refractivity contribution in [1.29, 1.82) is 0 Å². The molecule has 0 atom stereocenters. The third kappa shape index (κ3) is 4.01. The topological polar surface area (TPSA) is 86.3 Å². The maximum absolute atomic E-state index is 13.4. The Bertz CT molecular complexity index is 1200. The molecule has 32 heavy (non-hydrogen) atoms. The number of nitrogens with zero attached hydrogens (tertiary/aromatic N) is 1. The molecule has 3 aromatic rings. The van der Waals surface area contributed by atoms with Crippen LogP contribution in [0.4, 0.5) is 37.2 Å². The molecule has 0 aliphatic carbocycles. The summed E-state index contributed by atoms with van der Waals surface area (Å²) < 4.78 is 26.8. The SMILES string of the molecule is CC(C)(O)C(C)(C)c1ccc2c(c1)NC(=O)c1ccc(Nc3cc(F)nc(F)c3)cc1N2. The van der Waals surface area contributed by atoms with E-state index in [1.54, 1.807) is 32.0 Å². The van der Waals surface area contributed by atoms with Crippen molar-refractivity contribution in [3.05, 3.63) is 71.6 Å².